The van der Waals surface area contributed by atoms with Crippen LogP contribution in [-0.4, -0.2) is 26.6 Å². The summed E-state index contributed by atoms with van der Waals surface area (Å²) in [6, 6.07) is 10.3. The molecule has 29 heavy (non-hydrogen) atoms. The zero-order chi connectivity index (χ0) is 20.4. The lowest BCUT2D eigenvalue weighted by Crippen LogP contribution is -2.24. The first-order valence-corrected chi connectivity index (χ1v) is 10.9. The minimum absolute atomic E-state index is 0.553. The highest BCUT2D eigenvalue weighted by atomic mass is 35.5. The van der Waals surface area contributed by atoms with Crippen LogP contribution in [0.15, 0.2) is 40.1 Å². The molecule has 4 rings (SSSR count). The van der Waals surface area contributed by atoms with E-state index in [1.54, 1.807) is 11.3 Å². The zero-order valence-corrected chi connectivity index (χ0v) is 18.3. The first-order valence-electron chi connectivity index (χ1n) is 9.69. The van der Waals surface area contributed by atoms with Crippen molar-refractivity contribution in [3.05, 3.63) is 63.4 Å². The summed E-state index contributed by atoms with van der Waals surface area (Å²) in [5.74, 6) is 1.18. The molecule has 0 N–H and O–H groups in total. The third-order valence-electron chi connectivity index (χ3n) is 5.03. The summed E-state index contributed by atoms with van der Waals surface area (Å²) < 4.78 is 5.87. The highest BCUT2D eigenvalue weighted by molar-refractivity contribution is 7.13. The quantitative estimate of drug-likeness (QED) is 0.338. The molecule has 150 valence electrons. The van der Waals surface area contributed by atoms with Crippen LogP contribution >= 0.6 is 22.9 Å². The van der Waals surface area contributed by atoms with Crippen LogP contribution in [0.1, 0.15) is 35.9 Å². The second-order valence-corrected chi connectivity index (χ2v) is 8.51. The van der Waals surface area contributed by atoms with Crippen LogP contribution < -0.4 is 0 Å². The summed E-state index contributed by atoms with van der Waals surface area (Å²) in [5.41, 5.74) is 4.37. The first-order chi connectivity index (χ1) is 14.0. The van der Waals surface area contributed by atoms with Gasteiger partial charge in [0.05, 0.1) is 16.9 Å². The summed E-state index contributed by atoms with van der Waals surface area (Å²) >= 11 is 8.15. The molecule has 7 heteroatoms. The molecule has 0 aliphatic heterocycles. The number of nitrogens with zero attached hydrogens (tertiary/aromatic N) is 4. The predicted molar refractivity (Wildman–Crippen MR) is 118 cm³/mol. The molecule has 0 aliphatic carbocycles. The van der Waals surface area contributed by atoms with E-state index in [1.807, 2.05) is 17.5 Å². The molecular formula is C22H23ClN4OS. The molecule has 5 nitrogen and oxygen atoms in total. The molecule has 0 bridgehead atoms. The second kappa shape index (κ2) is 8.61. The van der Waals surface area contributed by atoms with Crippen LogP contribution in [0.5, 0.6) is 0 Å². The van der Waals surface area contributed by atoms with Crippen molar-refractivity contribution in [3.8, 4) is 10.8 Å². The standard InChI is InChI=1S/C22H23ClN4OS/c1-4-9-27(13-19-25-26-22(28-19)18-6-5-10-29-18)12-17-11-16-8-7-14(2)15(3)20(16)24-21(17)23/h5-8,10-11H,4,9,12-13H2,1-3H3. The lowest BCUT2D eigenvalue weighted by Gasteiger charge is -2.20. The van der Waals surface area contributed by atoms with Crippen molar-refractivity contribution in [3.63, 3.8) is 0 Å². The van der Waals surface area contributed by atoms with Crippen LogP contribution in [0.25, 0.3) is 21.7 Å². The van der Waals surface area contributed by atoms with Gasteiger partial charge in [0.1, 0.15) is 5.15 Å². The third-order valence-corrected chi connectivity index (χ3v) is 6.21. The number of thiophene rings is 1. The molecule has 0 unspecified atom stereocenters. The Bertz CT molecular complexity index is 1120. The second-order valence-electron chi connectivity index (χ2n) is 7.21. The van der Waals surface area contributed by atoms with Crippen LogP contribution in [0.3, 0.4) is 0 Å². The molecular weight excluding hydrogens is 404 g/mol. The molecule has 0 spiro atoms. The van der Waals surface area contributed by atoms with Crippen LogP contribution in [-0.2, 0) is 13.1 Å². The van der Waals surface area contributed by atoms with Gasteiger partial charge in [-0.25, -0.2) is 4.98 Å². The van der Waals surface area contributed by atoms with E-state index in [-0.39, 0.29) is 0 Å². The van der Waals surface area contributed by atoms with Gasteiger partial charge in [-0.1, -0.05) is 36.7 Å². The number of rotatable bonds is 7. The number of halogens is 1. The van der Waals surface area contributed by atoms with Gasteiger partial charge in [-0.05, 0) is 55.5 Å². The lowest BCUT2D eigenvalue weighted by molar-refractivity contribution is 0.232. The summed E-state index contributed by atoms with van der Waals surface area (Å²) in [4.78, 5) is 7.93. The van der Waals surface area contributed by atoms with Crippen molar-refractivity contribution in [1.29, 1.82) is 0 Å². The van der Waals surface area contributed by atoms with Gasteiger partial charge in [-0.3, -0.25) is 4.90 Å². The summed E-state index contributed by atoms with van der Waals surface area (Å²) in [6.45, 7) is 8.50. The van der Waals surface area contributed by atoms with Gasteiger partial charge in [0, 0.05) is 17.5 Å². The molecule has 1 aromatic carbocycles. The van der Waals surface area contributed by atoms with Crippen molar-refractivity contribution < 1.29 is 4.42 Å². The molecule has 0 atom stereocenters. The summed E-state index contributed by atoms with van der Waals surface area (Å²) in [7, 11) is 0. The van der Waals surface area contributed by atoms with E-state index in [2.05, 4.69) is 59.1 Å². The molecule has 4 aromatic rings. The number of pyridine rings is 1. The Balaban J connectivity index is 1.57. The van der Waals surface area contributed by atoms with Crippen LogP contribution in [0, 0.1) is 13.8 Å². The van der Waals surface area contributed by atoms with Crippen molar-refractivity contribution in [2.24, 2.45) is 0 Å². The van der Waals surface area contributed by atoms with E-state index in [0.717, 1.165) is 34.3 Å². The lowest BCUT2D eigenvalue weighted by atomic mass is 10.0. The van der Waals surface area contributed by atoms with Crippen molar-refractivity contribution >= 4 is 33.8 Å². The topological polar surface area (TPSA) is 55.1 Å². The minimum atomic E-state index is 0.553. The highest BCUT2D eigenvalue weighted by Crippen LogP contribution is 2.27. The third kappa shape index (κ3) is 4.34. The number of benzene rings is 1. The molecule has 3 heterocycles. The monoisotopic (exact) mass is 426 g/mol. The average molecular weight is 427 g/mol. The fourth-order valence-corrected chi connectivity index (χ4v) is 4.24. The average Bonchev–Trinajstić information content (AvgIpc) is 3.38. The number of aromatic nitrogens is 3. The Morgan fingerprint density at radius 1 is 1.14 bits per heavy atom. The largest absolute Gasteiger partial charge is 0.419 e. The number of hydrogen-bond donors (Lipinski definition) is 0. The van der Waals surface area contributed by atoms with Gasteiger partial charge in [0.15, 0.2) is 0 Å². The van der Waals surface area contributed by atoms with Gasteiger partial charge < -0.3 is 4.42 Å². The first kappa shape index (κ1) is 20.0. The van der Waals surface area contributed by atoms with Crippen molar-refractivity contribution in [2.45, 2.75) is 40.3 Å². The minimum Gasteiger partial charge on any atom is -0.419 e. The smallest absolute Gasteiger partial charge is 0.257 e. The Labute approximate surface area is 179 Å². The Morgan fingerprint density at radius 3 is 2.76 bits per heavy atom. The van der Waals surface area contributed by atoms with Gasteiger partial charge in [-0.2, -0.15) is 0 Å². The molecule has 0 radical (unpaired) electrons. The van der Waals surface area contributed by atoms with Gasteiger partial charge in [0.2, 0.25) is 5.89 Å². The van der Waals surface area contributed by atoms with E-state index >= 15 is 0 Å². The van der Waals surface area contributed by atoms with E-state index in [1.165, 1.54) is 11.1 Å². The SMILES string of the molecule is CCCN(Cc1nnc(-c2cccs2)o1)Cc1cc2ccc(C)c(C)c2nc1Cl. The molecule has 0 aliphatic rings. The van der Waals surface area contributed by atoms with E-state index in [0.29, 0.717) is 30.0 Å². The predicted octanol–water partition coefficient (Wildman–Crippen LogP) is 6.03. The molecule has 0 saturated heterocycles. The van der Waals surface area contributed by atoms with Crippen molar-refractivity contribution in [1.82, 2.24) is 20.1 Å². The van der Waals surface area contributed by atoms with E-state index in [9.17, 15) is 0 Å². The summed E-state index contributed by atoms with van der Waals surface area (Å²) in [5, 5.41) is 12.1. The van der Waals surface area contributed by atoms with Crippen LogP contribution in [0.2, 0.25) is 5.15 Å². The number of hydrogen-bond acceptors (Lipinski definition) is 6. The molecule has 0 amide bonds. The van der Waals surface area contributed by atoms with Gasteiger partial charge in [-0.15, -0.1) is 21.5 Å². The molecule has 3 aromatic heterocycles. The maximum atomic E-state index is 6.56. The fraction of sp³-hybridized carbons (Fsp3) is 0.318. The Morgan fingerprint density at radius 2 is 2.00 bits per heavy atom. The Kier molecular flexibility index (Phi) is 5.94. The summed E-state index contributed by atoms with van der Waals surface area (Å²) in [6.07, 6.45) is 1.02. The molecule has 0 fully saturated rings. The fourth-order valence-electron chi connectivity index (χ4n) is 3.39. The maximum Gasteiger partial charge on any atom is 0.257 e. The Hall–Kier alpha value is -2.28. The zero-order valence-electron chi connectivity index (χ0n) is 16.8. The van der Waals surface area contributed by atoms with E-state index < -0.39 is 0 Å². The molecule has 0 saturated carbocycles. The number of fused-ring (bicyclic) bond motifs is 1. The van der Waals surface area contributed by atoms with Crippen LogP contribution in [0.4, 0.5) is 0 Å². The van der Waals surface area contributed by atoms with Crippen molar-refractivity contribution in [2.75, 3.05) is 6.54 Å². The number of aryl methyl sites for hydroxylation is 2. The normalized spacial score (nSPS) is 11.6. The highest BCUT2D eigenvalue weighted by Gasteiger charge is 2.16. The van der Waals surface area contributed by atoms with Gasteiger partial charge >= 0.3 is 0 Å². The maximum absolute atomic E-state index is 6.56. The van der Waals surface area contributed by atoms with Gasteiger partial charge in [0.25, 0.3) is 5.89 Å². The van der Waals surface area contributed by atoms with E-state index in [4.69, 9.17) is 16.0 Å².